The lowest BCUT2D eigenvalue weighted by molar-refractivity contribution is -0.411. The number of carbonyl (C=O) groups excluding carboxylic acids is 1. The molecule has 0 aliphatic heterocycles. The van der Waals surface area contributed by atoms with Gasteiger partial charge in [-0.3, -0.25) is 10.1 Å². The van der Waals surface area contributed by atoms with Crippen molar-refractivity contribution >= 4 is 11.7 Å². The zero-order valence-corrected chi connectivity index (χ0v) is 11.2. The monoisotopic (exact) mass is 267 g/mol. The van der Waals surface area contributed by atoms with Crippen LogP contribution in [0.5, 0.6) is 0 Å². The molecule has 19 heavy (non-hydrogen) atoms. The quantitative estimate of drug-likeness (QED) is 0.477. The van der Waals surface area contributed by atoms with E-state index in [2.05, 4.69) is 5.73 Å². The highest BCUT2D eigenvalue weighted by Gasteiger charge is 2.20. The van der Waals surface area contributed by atoms with Crippen molar-refractivity contribution in [2.24, 2.45) is 5.92 Å². The standard InChI is InChI=1S/C13H18N2O4/c1-9(2)7-12(14)13(16)19-8-10-3-5-11(6-4-10)15(17)18/h3-6,9,12H,7-8,14H2,1-2H3/p+1/t12-/m0/s1. The zero-order valence-electron chi connectivity index (χ0n) is 11.2. The first-order chi connectivity index (χ1) is 8.90. The van der Waals surface area contributed by atoms with Crippen LogP contribution in [0.4, 0.5) is 5.69 Å². The van der Waals surface area contributed by atoms with Gasteiger partial charge in [-0.25, -0.2) is 4.79 Å². The molecule has 6 nitrogen and oxygen atoms in total. The second-order valence-corrected chi connectivity index (χ2v) is 4.86. The summed E-state index contributed by atoms with van der Waals surface area (Å²) in [5.41, 5.74) is 4.50. The molecule has 0 heterocycles. The molecule has 0 fully saturated rings. The van der Waals surface area contributed by atoms with E-state index >= 15 is 0 Å². The molecule has 1 atom stereocenters. The van der Waals surface area contributed by atoms with Crippen LogP contribution >= 0.6 is 0 Å². The molecule has 0 aliphatic carbocycles. The normalized spacial score (nSPS) is 12.2. The highest BCUT2D eigenvalue weighted by Crippen LogP contribution is 2.13. The topological polar surface area (TPSA) is 97.1 Å². The van der Waals surface area contributed by atoms with Gasteiger partial charge < -0.3 is 10.5 Å². The summed E-state index contributed by atoms with van der Waals surface area (Å²) in [7, 11) is 0. The van der Waals surface area contributed by atoms with Gasteiger partial charge in [0.1, 0.15) is 6.61 Å². The maximum atomic E-state index is 11.6. The number of rotatable bonds is 6. The first kappa shape index (κ1) is 15.1. The Hall–Kier alpha value is -1.95. The summed E-state index contributed by atoms with van der Waals surface area (Å²) in [4.78, 5) is 21.6. The molecular weight excluding hydrogens is 248 g/mol. The van der Waals surface area contributed by atoms with Crippen LogP contribution in [0.25, 0.3) is 0 Å². The molecule has 3 N–H and O–H groups in total. The molecule has 104 valence electrons. The van der Waals surface area contributed by atoms with Crippen LogP contribution in [0, 0.1) is 16.0 Å². The fourth-order valence-electron chi connectivity index (χ4n) is 1.65. The lowest BCUT2D eigenvalue weighted by atomic mass is 10.1. The minimum absolute atomic E-state index is 0.0184. The molecule has 1 aromatic rings. The number of ether oxygens (including phenoxy) is 1. The van der Waals surface area contributed by atoms with Crippen molar-refractivity contribution in [2.75, 3.05) is 0 Å². The predicted molar refractivity (Wildman–Crippen MR) is 69.0 cm³/mol. The number of nitro benzene ring substituents is 1. The lowest BCUT2D eigenvalue weighted by Gasteiger charge is -2.10. The SMILES string of the molecule is CC(C)C[C@H]([NH3+])C(=O)OCc1ccc([N+](=O)[O-])cc1. The van der Waals surface area contributed by atoms with E-state index in [1.54, 1.807) is 12.1 Å². The van der Waals surface area contributed by atoms with Crippen LogP contribution in [0.15, 0.2) is 24.3 Å². The van der Waals surface area contributed by atoms with E-state index < -0.39 is 4.92 Å². The predicted octanol–water partition coefficient (Wildman–Crippen LogP) is 1.29. The highest BCUT2D eigenvalue weighted by molar-refractivity contribution is 5.73. The summed E-state index contributed by atoms with van der Waals surface area (Å²) in [5, 5.41) is 10.5. The largest absolute Gasteiger partial charge is 0.456 e. The second-order valence-electron chi connectivity index (χ2n) is 4.86. The molecule has 0 spiro atoms. The molecule has 0 radical (unpaired) electrons. The summed E-state index contributed by atoms with van der Waals surface area (Å²) in [6.45, 7) is 4.14. The number of hydrogen-bond acceptors (Lipinski definition) is 4. The molecule has 1 aromatic carbocycles. The Morgan fingerprint density at radius 3 is 2.42 bits per heavy atom. The maximum Gasteiger partial charge on any atom is 0.365 e. The Kier molecular flexibility index (Phi) is 5.44. The number of nitro groups is 1. The van der Waals surface area contributed by atoms with Gasteiger partial charge in [-0.1, -0.05) is 13.8 Å². The van der Waals surface area contributed by atoms with Gasteiger partial charge in [-0.15, -0.1) is 0 Å². The summed E-state index contributed by atoms with van der Waals surface area (Å²) in [5.74, 6) is 0.0430. The van der Waals surface area contributed by atoms with E-state index in [-0.39, 0.29) is 24.3 Å². The van der Waals surface area contributed by atoms with E-state index in [0.717, 1.165) is 5.56 Å². The first-order valence-corrected chi connectivity index (χ1v) is 6.13. The van der Waals surface area contributed by atoms with Crippen LogP contribution in [0.1, 0.15) is 25.8 Å². The number of hydrogen-bond donors (Lipinski definition) is 1. The summed E-state index contributed by atoms with van der Waals surface area (Å²) in [6.07, 6.45) is 0.680. The average Bonchev–Trinajstić information content (AvgIpc) is 2.35. The molecule has 6 heteroatoms. The number of nitrogens with zero attached hydrogens (tertiary/aromatic N) is 1. The number of esters is 1. The van der Waals surface area contributed by atoms with Crippen molar-refractivity contribution in [2.45, 2.75) is 32.9 Å². The van der Waals surface area contributed by atoms with Gasteiger partial charge in [0.2, 0.25) is 0 Å². The average molecular weight is 267 g/mol. The fourth-order valence-corrected chi connectivity index (χ4v) is 1.65. The van der Waals surface area contributed by atoms with Crippen molar-refractivity contribution in [3.05, 3.63) is 39.9 Å². The Morgan fingerprint density at radius 2 is 1.95 bits per heavy atom. The Morgan fingerprint density at radius 1 is 1.37 bits per heavy atom. The van der Waals surface area contributed by atoms with Crippen LogP contribution in [-0.2, 0) is 16.1 Å². The van der Waals surface area contributed by atoms with Gasteiger partial charge in [-0.2, -0.15) is 0 Å². The maximum absolute atomic E-state index is 11.6. The smallest absolute Gasteiger partial charge is 0.365 e. The molecular formula is C13H19N2O4+. The molecule has 0 bridgehead atoms. The minimum Gasteiger partial charge on any atom is -0.456 e. The van der Waals surface area contributed by atoms with E-state index in [0.29, 0.717) is 12.3 Å². The summed E-state index contributed by atoms with van der Waals surface area (Å²) >= 11 is 0. The second kappa shape index (κ2) is 6.84. The van der Waals surface area contributed by atoms with Crippen molar-refractivity contribution in [3.8, 4) is 0 Å². The number of carbonyl (C=O) groups is 1. The number of quaternary nitrogens is 1. The van der Waals surface area contributed by atoms with Gasteiger partial charge in [0.25, 0.3) is 5.69 Å². The van der Waals surface area contributed by atoms with E-state index in [9.17, 15) is 14.9 Å². The molecule has 1 rings (SSSR count). The van der Waals surface area contributed by atoms with Crippen LogP contribution in [0.2, 0.25) is 0 Å². The number of benzene rings is 1. The van der Waals surface area contributed by atoms with Crippen molar-refractivity contribution in [3.63, 3.8) is 0 Å². The summed E-state index contributed by atoms with van der Waals surface area (Å²) in [6, 6.07) is 5.55. The van der Waals surface area contributed by atoms with Crippen molar-refractivity contribution in [1.29, 1.82) is 0 Å². The van der Waals surface area contributed by atoms with Crippen LogP contribution in [0.3, 0.4) is 0 Å². The van der Waals surface area contributed by atoms with Gasteiger partial charge >= 0.3 is 5.97 Å². The Bertz CT molecular complexity index is 442. The first-order valence-electron chi connectivity index (χ1n) is 6.13. The van der Waals surface area contributed by atoms with Gasteiger partial charge in [0, 0.05) is 18.6 Å². The fraction of sp³-hybridized carbons (Fsp3) is 0.462. The Labute approximate surface area is 111 Å². The van der Waals surface area contributed by atoms with E-state index in [1.807, 2.05) is 13.8 Å². The van der Waals surface area contributed by atoms with E-state index in [1.165, 1.54) is 12.1 Å². The van der Waals surface area contributed by atoms with E-state index in [4.69, 9.17) is 4.74 Å². The van der Waals surface area contributed by atoms with Gasteiger partial charge in [-0.05, 0) is 23.6 Å². The lowest BCUT2D eigenvalue weighted by Crippen LogP contribution is -2.65. The molecule has 0 aromatic heterocycles. The highest BCUT2D eigenvalue weighted by atomic mass is 16.6. The summed E-state index contributed by atoms with van der Waals surface area (Å²) < 4.78 is 5.12. The van der Waals surface area contributed by atoms with Gasteiger partial charge in [0.05, 0.1) is 4.92 Å². The van der Waals surface area contributed by atoms with Gasteiger partial charge in [0.15, 0.2) is 6.04 Å². The number of non-ortho nitro benzene ring substituents is 1. The minimum atomic E-state index is -0.468. The zero-order chi connectivity index (χ0) is 14.4. The third kappa shape index (κ3) is 5.05. The van der Waals surface area contributed by atoms with Crippen molar-refractivity contribution < 1.29 is 20.2 Å². The molecule has 0 amide bonds. The van der Waals surface area contributed by atoms with Crippen LogP contribution < -0.4 is 5.73 Å². The molecule has 0 saturated carbocycles. The Balaban J connectivity index is 2.48. The van der Waals surface area contributed by atoms with Crippen LogP contribution in [-0.4, -0.2) is 16.9 Å². The molecule has 0 saturated heterocycles. The molecule has 0 aliphatic rings. The van der Waals surface area contributed by atoms with Crippen molar-refractivity contribution in [1.82, 2.24) is 0 Å². The molecule has 0 unspecified atom stereocenters. The third-order valence-electron chi connectivity index (χ3n) is 2.62. The third-order valence-corrected chi connectivity index (χ3v) is 2.62.